The van der Waals surface area contributed by atoms with Gasteiger partial charge in [0.25, 0.3) is 0 Å². The summed E-state index contributed by atoms with van der Waals surface area (Å²) in [6, 6.07) is 4.92. The molecule has 0 bridgehead atoms. The molecule has 1 aliphatic rings. The number of rotatable bonds is 6. The van der Waals surface area contributed by atoms with Crippen LogP contribution in [0.1, 0.15) is 6.42 Å². The first-order chi connectivity index (χ1) is 9.54. The summed E-state index contributed by atoms with van der Waals surface area (Å²) in [5, 5.41) is 0. The van der Waals surface area contributed by atoms with E-state index in [-0.39, 0.29) is 4.90 Å². The summed E-state index contributed by atoms with van der Waals surface area (Å²) < 4.78 is 37.3. The number of hydrogen-bond acceptors (Lipinski definition) is 5. The second kappa shape index (κ2) is 6.43. The van der Waals surface area contributed by atoms with Crippen LogP contribution in [-0.2, 0) is 14.8 Å². The Bertz CT molecular complexity index is 559. The standard InChI is InChI=1S/C13H20N2O4S/c1-15-7-9-19-13-5-4-11(10-12(13)15)20(16,17)14-6-3-8-18-2/h4-5,10,14H,3,6-9H2,1-2H3. The van der Waals surface area contributed by atoms with Gasteiger partial charge in [-0.3, -0.25) is 0 Å². The molecular weight excluding hydrogens is 280 g/mol. The maximum atomic E-state index is 12.2. The first kappa shape index (κ1) is 15.1. The van der Waals surface area contributed by atoms with E-state index in [2.05, 4.69) is 4.72 Å². The molecule has 6 nitrogen and oxygen atoms in total. The number of fused-ring (bicyclic) bond motifs is 1. The van der Waals surface area contributed by atoms with Crippen LogP contribution in [0.4, 0.5) is 5.69 Å². The third-order valence-electron chi connectivity index (χ3n) is 3.15. The minimum atomic E-state index is -3.49. The van der Waals surface area contributed by atoms with Crippen molar-refractivity contribution in [1.82, 2.24) is 4.72 Å². The highest BCUT2D eigenvalue weighted by atomic mass is 32.2. The van der Waals surface area contributed by atoms with E-state index < -0.39 is 10.0 Å². The molecule has 0 aromatic heterocycles. The lowest BCUT2D eigenvalue weighted by Crippen LogP contribution is -2.30. The van der Waals surface area contributed by atoms with E-state index in [0.717, 1.165) is 18.0 Å². The smallest absolute Gasteiger partial charge is 0.240 e. The second-order valence-corrected chi connectivity index (χ2v) is 6.41. The Labute approximate surface area is 119 Å². The largest absolute Gasteiger partial charge is 0.490 e. The molecule has 0 saturated carbocycles. The molecule has 112 valence electrons. The van der Waals surface area contributed by atoms with E-state index in [1.807, 2.05) is 11.9 Å². The van der Waals surface area contributed by atoms with E-state index in [1.165, 1.54) is 0 Å². The van der Waals surface area contributed by atoms with Crippen molar-refractivity contribution in [1.29, 1.82) is 0 Å². The minimum absolute atomic E-state index is 0.256. The van der Waals surface area contributed by atoms with Gasteiger partial charge in [-0.1, -0.05) is 0 Å². The number of methoxy groups -OCH3 is 1. The lowest BCUT2D eigenvalue weighted by atomic mass is 10.2. The van der Waals surface area contributed by atoms with Crippen LogP contribution in [0.3, 0.4) is 0 Å². The van der Waals surface area contributed by atoms with Gasteiger partial charge in [-0.2, -0.15) is 0 Å². The molecule has 1 aliphatic heterocycles. The summed E-state index contributed by atoms with van der Waals surface area (Å²) in [4.78, 5) is 2.24. The molecule has 0 fully saturated rings. The average Bonchev–Trinajstić information content (AvgIpc) is 2.44. The van der Waals surface area contributed by atoms with Crippen LogP contribution in [0.5, 0.6) is 5.75 Å². The molecule has 1 N–H and O–H groups in total. The number of ether oxygens (including phenoxy) is 2. The number of nitrogens with one attached hydrogen (secondary N) is 1. The Hall–Kier alpha value is -1.31. The van der Waals surface area contributed by atoms with Crippen LogP contribution in [-0.4, -0.2) is 48.9 Å². The molecule has 2 rings (SSSR count). The van der Waals surface area contributed by atoms with Gasteiger partial charge in [-0.15, -0.1) is 0 Å². The van der Waals surface area contributed by atoms with Crippen molar-refractivity contribution < 1.29 is 17.9 Å². The van der Waals surface area contributed by atoms with Crippen LogP contribution in [0.15, 0.2) is 23.1 Å². The van der Waals surface area contributed by atoms with Crippen LogP contribution in [0.2, 0.25) is 0 Å². The molecule has 0 unspecified atom stereocenters. The zero-order valence-corrected chi connectivity index (χ0v) is 12.6. The first-order valence-electron chi connectivity index (χ1n) is 6.51. The molecule has 0 saturated heterocycles. The van der Waals surface area contributed by atoms with E-state index >= 15 is 0 Å². The Morgan fingerprint density at radius 3 is 3.00 bits per heavy atom. The number of sulfonamides is 1. The highest BCUT2D eigenvalue weighted by Crippen LogP contribution is 2.32. The van der Waals surface area contributed by atoms with Crippen molar-refractivity contribution in [2.24, 2.45) is 0 Å². The van der Waals surface area contributed by atoms with Crippen LogP contribution in [0.25, 0.3) is 0 Å². The van der Waals surface area contributed by atoms with Gasteiger partial charge in [-0.05, 0) is 24.6 Å². The predicted molar refractivity (Wildman–Crippen MR) is 76.9 cm³/mol. The molecular formula is C13H20N2O4S. The monoisotopic (exact) mass is 300 g/mol. The van der Waals surface area contributed by atoms with Gasteiger partial charge in [-0.25, -0.2) is 13.1 Å². The number of benzene rings is 1. The molecule has 0 amide bonds. The summed E-state index contributed by atoms with van der Waals surface area (Å²) in [6.45, 7) is 2.26. The summed E-state index contributed by atoms with van der Waals surface area (Å²) >= 11 is 0. The minimum Gasteiger partial charge on any atom is -0.490 e. The summed E-state index contributed by atoms with van der Waals surface area (Å²) in [5.41, 5.74) is 0.802. The SMILES string of the molecule is COCCCNS(=O)(=O)c1ccc2c(c1)N(C)CCO2. The number of nitrogens with zero attached hydrogens (tertiary/aromatic N) is 1. The Morgan fingerprint density at radius 1 is 1.45 bits per heavy atom. The third kappa shape index (κ3) is 3.41. The maximum Gasteiger partial charge on any atom is 0.240 e. The van der Waals surface area contributed by atoms with Crippen molar-refractivity contribution in [2.75, 3.05) is 45.4 Å². The van der Waals surface area contributed by atoms with Gasteiger partial charge < -0.3 is 14.4 Å². The Morgan fingerprint density at radius 2 is 2.25 bits per heavy atom. The van der Waals surface area contributed by atoms with Gasteiger partial charge in [0, 0.05) is 27.3 Å². The van der Waals surface area contributed by atoms with Crippen LogP contribution in [0, 0.1) is 0 Å². The van der Waals surface area contributed by atoms with Crippen molar-refractivity contribution in [2.45, 2.75) is 11.3 Å². The maximum absolute atomic E-state index is 12.2. The van der Waals surface area contributed by atoms with E-state index in [0.29, 0.717) is 26.2 Å². The third-order valence-corrected chi connectivity index (χ3v) is 4.61. The fraction of sp³-hybridized carbons (Fsp3) is 0.538. The highest BCUT2D eigenvalue weighted by molar-refractivity contribution is 7.89. The summed E-state index contributed by atoms with van der Waals surface area (Å²) in [6.07, 6.45) is 0.643. The molecule has 0 spiro atoms. The zero-order valence-electron chi connectivity index (χ0n) is 11.8. The number of likely N-dealkylation sites (N-methyl/N-ethyl adjacent to an activating group) is 1. The number of hydrogen-bond donors (Lipinski definition) is 1. The quantitative estimate of drug-likeness (QED) is 0.788. The van der Waals surface area contributed by atoms with E-state index in [9.17, 15) is 8.42 Å². The van der Waals surface area contributed by atoms with Gasteiger partial charge in [0.1, 0.15) is 12.4 Å². The van der Waals surface area contributed by atoms with Crippen molar-refractivity contribution in [3.05, 3.63) is 18.2 Å². The molecule has 20 heavy (non-hydrogen) atoms. The lowest BCUT2D eigenvalue weighted by Gasteiger charge is -2.28. The van der Waals surface area contributed by atoms with Gasteiger partial charge in [0.2, 0.25) is 10.0 Å². The molecule has 0 radical (unpaired) electrons. The molecule has 7 heteroatoms. The van der Waals surface area contributed by atoms with Crippen molar-refractivity contribution >= 4 is 15.7 Å². The fourth-order valence-corrected chi connectivity index (χ4v) is 3.10. The molecule has 0 atom stereocenters. The number of anilines is 1. The van der Waals surface area contributed by atoms with Gasteiger partial charge >= 0.3 is 0 Å². The highest BCUT2D eigenvalue weighted by Gasteiger charge is 2.20. The summed E-state index contributed by atoms with van der Waals surface area (Å²) in [5.74, 6) is 0.720. The summed E-state index contributed by atoms with van der Waals surface area (Å²) in [7, 11) is 0.0261. The van der Waals surface area contributed by atoms with E-state index in [4.69, 9.17) is 9.47 Å². The van der Waals surface area contributed by atoms with E-state index in [1.54, 1.807) is 25.3 Å². The zero-order chi connectivity index (χ0) is 14.6. The normalized spacial score (nSPS) is 14.8. The van der Waals surface area contributed by atoms with Gasteiger partial charge in [0.15, 0.2) is 0 Å². The molecule has 1 aromatic carbocycles. The molecule has 0 aliphatic carbocycles. The van der Waals surface area contributed by atoms with Crippen molar-refractivity contribution in [3.8, 4) is 5.75 Å². The van der Waals surface area contributed by atoms with Gasteiger partial charge in [0.05, 0.1) is 17.1 Å². The lowest BCUT2D eigenvalue weighted by molar-refractivity contribution is 0.196. The Balaban J connectivity index is 2.14. The predicted octanol–water partition coefficient (Wildman–Crippen LogP) is 0.830. The Kier molecular flexibility index (Phi) is 4.85. The molecule has 1 aromatic rings. The van der Waals surface area contributed by atoms with Crippen LogP contribution < -0.4 is 14.4 Å². The average molecular weight is 300 g/mol. The second-order valence-electron chi connectivity index (χ2n) is 4.64. The first-order valence-corrected chi connectivity index (χ1v) is 7.99. The fourth-order valence-electron chi connectivity index (χ4n) is 2.00. The topological polar surface area (TPSA) is 67.9 Å². The van der Waals surface area contributed by atoms with Crippen LogP contribution >= 0.6 is 0 Å². The van der Waals surface area contributed by atoms with Crippen molar-refractivity contribution in [3.63, 3.8) is 0 Å². The molecule has 1 heterocycles.